The van der Waals surface area contributed by atoms with Gasteiger partial charge in [0.2, 0.25) is 5.91 Å². The molecule has 8 heteroatoms. The van der Waals surface area contributed by atoms with Gasteiger partial charge in [-0.2, -0.15) is 0 Å². The molecule has 5 rings (SSSR count). The zero-order chi connectivity index (χ0) is 24.6. The first kappa shape index (κ1) is 22.6. The van der Waals surface area contributed by atoms with Crippen LogP contribution in [-0.2, 0) is 9.53 Å². The minimum Gasteiger partial charge on any atom is -0.478 e. The third kappa shape index (κ3) is 4.01. The smallest absolute Gasteiger partial charge is 0.408 e. The van der Waals surface area contributed by atoms with E-state index in [2.05, 4.69) is 10.6 Å². The summed E-state index contributed by atoms with van der Waals surface area (Å²) >= 11 is 0. The zero-order valence-electron chi connectivity index (χ0n) is 18.7. The predicted molar refractivity (Wildman–Crippen MR) is 127 cm³/mol. The molecule has 1 fully saturated rings. The molecule has 178 valence electrons. The number of nitrogens with one attached hydrogen (secondary N) is 2. The molecule has 3 aromatic carbocycles. The second kappa shape index (κ2) is 8.87. The minimum atomic E-state index is -1.49. The molecule has 0 saturated heterocycles. The van der Waals surface area contributed by atoms with Crippen LogP contribution in [0.5, 0.6) is 0 Å². The van der Waals surface area contributed by atoms with Crippen molar-refractivity contribution in [1.29, 1.82) is 0 Å². The van der Waals surface area contributed by atoms with Crippen molar-refractivity contribution >= 4 is 23.7 Å². The predicted octanol–water partition coefficient (Wildman–Crippen LogP) is 4.92. The van der Waals surface area contributed by atoms with E-state index >= 15 is 0 Å². The first-order chi connectivity index (χ1) is 16.9. The summed E-state index contributed by atoms with van der Waals surface area (Å²) in [5, 5.41) is 14.5. The third-order valence-corrected chi connectivity index (χ3v) is 6.80. The third-order valence-electron chi connectivity index (χ3n) is 6.80. The van der Waals surface area contributed by atoms with Gasteiger partial charge in [0.1, 0.15) is 23.5 Å². The quantitative estimate of drug-likeness (QED) is 0.470. The number of rotatable bonds is 6. The van der Waals surface area contributed by atoms with Gasteiger partial charge >= 0.3 is 12.1 Å². The van der Waals surface area contributed by atoms with Gasteiger partial charge in [-0.15, -0.1) is 0 Å². The Morgan fingerprint density at radius 3 is 2.14 bits per heavy atom. The van der Waals surface area contributed by atoms with Crippen LogP contribution in [0.1, 0.15) is 46.7 Å². The maximum Gasteiger partial charge on any atom is 0.408 e. The standard InChI is InChI=1S/C27H23FN2O5/c28-21-11-5-12-22(23(21)24(31)32)29-25(33)27(13-6-14-27)30-26(34)35-15-20-18-9-3-1-7-16(18)17-8-2-4-10-19(17)20/h1-5,7-12,20H,6,13-15H2,(H,29,33)(H,30,34)(H,31,32). The number of halogens is 1. The Labute approximate surface area is 200 Å². The number of carboxylic acids is 1. The summed E-state index contributed by atoms with van der Waals surface area (Å²) in [7, 11) is 0. The van der Waals surface area contributed by atoms with Crippen molar-refractivity contribution in [2.45, 2.75) is 30.7 Å². The number of hydrogen-bond donors (Lipinski definition) is 3. The van der Waals surface area contributed by atoms with E-state index in [9.17, 15) is 23.9 Å². The highest BCUT2D eigenvalue weighted by atomic mass is 19.1. The number of carboxylic acid groups (broad SMARTS) is 1. The molecule has 0 bridgehead atoms. The van der Waals surface area contributed by atoms with Crippen LogP contribution in [-0.4, -0.2) is 35.2 Å². The first-order valence-electron chi connectivity index (χ1n) is 11.4. The summed E-state index contributed by atoms with van der Waals surface area (Å²) in [5.74, 6) is -3.18. The number of hydrogen-bond acceptors (Lipinski definition) is 4. The maximum absolute atomic E-state index is 14.0. The van der Waals surface area contributed by atoms with E-state index in [4.69, 9.17) is 4.74 Å². The van der Waals surface area contributed by atoms with Crippen LogP contribution < -0.4 is 10.6 Å². The van der Waals surface area contributed by atoms with Crippen LogP contribution in [0, 0.1) is 5.82 Å². The van der Waals surface area contributed by atoms with E-state index in [-0.39, 0.29) is 18.2 Å². The summed E-state index contributed by atoms with van der Waals surface area (Å²) in [5.41, 5.74) is 2.33. The molecule has 0 aromatic heterocycles. The number of anilines is 1. The van der Waals surface area contributed by atoms with Crippen LogP contribution >= 0.6 is 0 Å². The highest BCUT2D eigenvalue weighted by molar-refractivity contribution is 6.05. The fourth-order valence-electron chi connectivity index (χ4n) is 4.86. The van der Waals surface area contributed by atoms with Crippen LogP contribution in [0.25, 0.3) is 11.1 Å². The fourth-order valence-corrected chi connectivity index (χ4v) is 4.86. The summed E-state index contributed by atoms with van der Waals surface area (Å²) in [6, 6.07) is 19.6. The Hall–Kier alpha value is -4.20. The number of aromatic carboxylic acids is 1. The largest absolute Gasteiger partial charge is 0.478 e. The van der Waals surface area contributed by atoms with E-state index in [0.717, 1.165) is 28.3 Å². The van der Waals surface area contributed by atoms with Gasteiger partial charge in [-0.05, 0) is 53.6 Å². The number of fused-ring (bicyclic) bond motifs is 3. The van der Waals surface area contributed by atoms with Crippen LogP contribution in [0.2, 0.25) is 0 Å². The molecule has 3 aromatic rings. The van der Waals surface area contributed by atoms with E-state index in [1.165, 1.54) is 12.1 Å². The van der Waals surface area contributed by atoms with Crippen molar-refractivity contribution in [3.63, 3.8) is 0 Å². The van der Waals surface area contributed by atoms with Gasteiger partial charge in [-0.1, -0.05) is 54.6 Å². The van der Waals surface area contributed by atoms with Crippen molar-refractivity contribution in [1.82, 2.24) is 5.32 Å². The van der Waals surface area contributed by atoms with Gasteiger partial charge < -0.3 is 20.5 Å². The lowest BCUT2D eigenvalue weighted by molar-refractivity contribution is -0.125. The maximum atomic E-state index is 14.0. The molecule has 2 aliphatic carbocycles. The Kier molecular flexibility index (Phi) is 5.72. The lowest BCUT2D eigenvalue weighted by Gasteiger charge is -2.40. The highest BCUT2D eigenvalue weighted by Gasteiger charge is 2.46. The molecular formula is C27H23FN2O5. The normalized spacial score (nSPS) is 15.3. The van der Waals surface area contributed by atoms with Gasteiger partial charge in [0.25, 0.3) is 0 Å². The molecule has 0 atom stereocenters. The second-order valence-corrected chi connectivity index (χ2v) is 8.81. The minimum absolute atomic E-state index is 0.102. The second-order valence-electron chi connectivity index (χ2n) is 8.81. The summed E-state index contributed by atoms with van der Waals surface area (Å²) in [6.07, 6.45) is 0.687. The Balaban J connectivity index is 1.28. The Morgan fingerprint density at radius 1 is 0.943 bits per heavy atom. The van der Waals surface area contributed by atoms with Crippen molar-refractivity contribution in [2.75, 3.05) is 11.9 Å². The molecule has 3 N–H and O–H groups in total. The van der Waals surface area contributed by atoms with Gasteiger partial charge in [-0.3, -0.25) is 4.79 Å². The number of amides is 2. The molecule has 2 aliphatic rings. The molecule has 1 saturated carbocycles. The van der Waals surface area contributed by atoms with E-state index < -0.39 is 34.9 Å². The lowest BCUT2D eigenvalue weighted by Crippen LogP contribution is -2.61. The highest BCUT2D eigenvalue weighted by Crippen LogP contribution is 2.44. The summed E-state index contributed by atoms with van der Waals surface area (Å²) in [4.78, 5) is 37.2. The molecule has 0 unspecified atom stereocenters. The molecule has 2 amide bonds. The molecule has 0 heterocycles. The van der Waals surface area contributed by atoms with Gasteiger partial charge in [0.15, 0.2) is 0 Å². The van der Waals surface area contributed by atoms with E-state index in [1.807, 2.05) is 48.5 Å². The molecule has 0 radical (unpaired) electrons. The SMILES string of the molecule is O=C(NC1(C(=O)Nc2cccc(F)c2C(=O)O)CCC1)OCC1c2ccccc2-c2ccccc21. The summed E-state index contributed by atoms with van der Waals surface area (Å²) < 4.78 is 19.6. The van der Waals surface area contributed by atoms with Crippen molar-refractivity contribution in [2.24, 2.45) is 0 Å². The van der Waals surface area contributed by atoms with Gasteiger partial charge in [0, 0.05) is 5.92 Å². The van der Waals surface area contributed by atoms with Gasteiger partial charge in [-0.25, -0.2) is 14.0 Å². The molecule has 7 nitrogen and oxygen atoms in total. The molecular weight excluding hydrogens is 451 g/mol. The fraction of sp³-hybridized carbons (Fsp3) is 0.222. The van der Waals surface area contributed by atoms with Gasteiger partial charge in [0.05, 0.1) is 5.69 Å². The number of alkyl carbamates (subject to hydrolysis) is 1. The average Bonchev–Trinajstić information content (AvgIpc) is 3.13. The van der Waals surface area contributed by atoms with Crippen LogP contribution in [0.4, 0.5) is 14.9 Å². The Bertz CT molecular complexity index is 1290. The van der Waals surface area contributed by atoms with E-state index in [1.54, 1.807) is 0 Å². The Morgan fingerprint density at radius 2 is 1.57 bits per heavy atom. The van der Waals surface area contributed by atoms with Crippen molar-refractivity contribution in [3.05, 3.63) is 89.2 Å². The molecule has 0 spiro atoms. The number of carbonyl (C=O) groups excluding carboxylic acids is 2. The lowest BCUT2D eigenvalue weighted by atomic mass is 9.76. The number of ether oxygens (including phenoxy) is 1. The summed E-state index contributed by atoms with van der Waals surface area (Å²) in [6.45, 7) is 0.102. The van der Waals surface area contributed by atoms with Crippen molar-refractivity contribution < 1.29 is 28.6 Å². The number of benzene rings is 3. The first-order valence-corrected chi connectivity index (χ1v) is 11.4. The molecule has 0 aliphatic heterocycles. The van der Waals surface area contributed by atoms with Crippen molar-refractivity contribution in [3.8, 4) is 11.1 Å². The zero-order valence-corrected chi connectivity index (χ0v) is 18.7. The number of carbonyl (C=O) groups is 3. The van der Waals surface area contributed by atoms with Crippen LogP contribution in [0.15, 0.2) is 66.7 Å². The topological polar surface area (TPSA) is 105 Å². The average molecular weight is 474 g/mol. The van der Waals surface area contributed by atoms with E-state index in [0.29, 0.717) is 19.3 Å². The molecule has 35 heavy (non-hydrogen) atoms. The monoisotopic (exact) mass is 474 g/mol. The van der Waals surface area contributed by atoms with Crippen LogP contribution in [0.3, 0.4) is 0 Å².